The molecule has 1 heterocycles. The number of nitrogens with zero attached hydrogens (tertiary/aromatic N) is 1. The van der Waals surface area contributed by atoms with E-state index in [0.29, 0.717) is 5.41 Å². The Balaban J connectivity index is 2.59. The highest BCUT2D eigenvalue weighted by Gasteiger charge is 2.31. The van der Waals surface area contributed by atoms with Crippen LogP contribution in [0.4, 0.5) is 0 Å². The number of hydrogen-bond donors (Lipinski definition) is 0. The molecule has 0 spiro atoms. The molecule has 3 unspecified atom stereocenters. The van der Waals surface area contributed by atoms with Gasteiger partial charge >= 0.3 is 0 Å². The number of halogens is 1. The van der Waals surface area contributed by atoms with Gasteiger partial charge in [0.2, 0.25) is 0 Å². The third-order valence-corrected chi connectivity index (χ3v) is 5.23. The van der Waals surface area contributed by atoms with Gasteiger partial charge in [-0.2, -0.15) is 0 Å². The average molecular weight is 276 g/mol. The van der Waals surface area contributed by atoms with Crippen LogP contribution in [-0.2, 0) is 0 Å². The normalized spacial score (nSPS) is 34.4. The lowest BCUT2D eigenvalue weighted by Gasteiger charge is -2.44. The van der Waals surface area contributed by atoms with Gasteiger partial charge < -0.3 is 0 Å². The van der Waals surface area contributed by atoms with Gasteiger partial charge in [-0.05, 0) is 30.6 Å². The maximum absolute atomic E-state index is 3.62. The van der Waals surface area contributed by atoms with Gasteiger partial charge in [0.25, 0.3) is 0 Å². The molecule has 0 aromatic rings. The lowest BCUT2D eigenvalue weighted by atomic mass is 9.84. The van der Waals surface area contributed by atoms with Gasteiger partial charge in [-0.25, -0.2) is 0 Å². The van der Waals surface area contributed by atoms with Crippen LogP contribution in [0.5, 0.6) is 0 Å². The van der Waals surface area contributed by atoms with E-state index in [-0.39, 0.29) is 0 Å². The zero-order valence-corrected chi connectivity index (χ0v) is 12.5. The van der Waals surface area contributed by atoms with Crippen LogP contribution >= 0.6 is 15.9 Å². The Kier molecular flexibility index (Phi) is 4.66. The minimum absolute atomic E-state index is 0.394. The van der Waals surface area contributed by atoms with E-state index in [1.165, 1.54) is 19.5 Å². The van der Waals surface area contributed by atoms with Crippen molar-refractivity contribution in [3.05, 3.63) is 0 Å². The van der Waals surface area contributed by atoms with Crippen LogP contribution in [0.2, 0.25) is 0 Å². The topological polar surface area (TPSA) is 3.24 Å². The molecule has 1 fully saturated rings. The van der Waals surface area contributed by atoms with Crippen LogP contribution in [0.25, 0.3) is 0 Å². The van der Waals surface area contributed by atoms with Crippen molar-refractivity contribution < 1.29 is 0 Å². The largest absolute Gasteiger partial charge is 0.300 e. The second kappa shape index (κ2) is 5.18. The Hall–Kier alpha value is 0.440. The quantitative estimate of drug-likeness (QED) is 0.709. The van der Waals surface area contributed by atoms with Crippen molar-refractivity contribution in [2.24, 2.45) is 17.3 Å². The molecule has 2 heteroatoms. The molecule has 1 nitrogen and oxygen atoms in total. The first-order valence-corrected chi connectivity index (χ1v) is 7.28. The molecule has 1 aliphatic heterocycles. The smallest absolute Gasteiger partial charge is 0.00949 e. The van der Waals surface area contributed by atoms with E-state index in [4.69, 9.17) is 0 Å². The molecule has 0 N–H and O–H groups in total. The first-order valence-electron chi connectivity index (χ1n) is 6.16. The molecule has 0 amide bonds. The summed E-state index contributed by atoms with van der Waals surface area (Å²) in [5.74, 6) is 1.71. The first kappa shape index (κ1) is 13.5. The molecule has 1 rings (SSSR count). The minimum atomic E-state index is 0.394. The molecule has 0 bridgehead atoms. The Bertz CT molecular complexity index is 203. The van der Waals surface area contributed by atoms with Crippen molar-refractivity contribution in [3.8, 4) is 0 Å². The summed E-state index contributed by atoms with van der Waals surface area (Å²) in [5, 5.41) is 1.09. The van der Waals surface area contributed by atoms with Crippen LogP contribution in [0.15, 0.2) is 0 Å². The van der Waals surface area contributed by atoms with Crippen molar-refractivity contribution in [3.63, 3.8) is 0 Å². The maximum Gasteiger partial charge on any atom is 0.00949 e. The van der Waals surface area contributed by atoms with Crippen molar-refractivity contribution >= 4 is 15.9 Å². The fourth-order valence-electron chi connectivity index (χ4n) is 2.63. The summed E-state index contributed by atoms with van der Waals surface area (Å²) in [6.07, 6.45) is 1.40. The van der Waals surface area contributed by atoms with E-state index in [2.05, 4.69) is 55.4 Å². The summed E-state index contributed by atoms with van der Waals surface area (Å²) in [6.45, 7) is 14.4. The Morgan fingerprint density at radius 2 is 1.87 bits per heavy atom. The predicted molar refractivity (Wildman–Crippen MR) is 71.6 cm³/mol. The summed E-state index contributed by atoms with van der Waals surface area (Å²) in [5.41, 5.74) is 0.394. The third-order valence-electron chi connectivity index (χ3n) is 3.71. The molecule has 0 aromatic heterocycles. The molecule has 0 aromatic carbocycles. The van der Waals surface area contributed by atoms with E-state index in [0.717, 1.165) is 23.2 Å². The lowest BCUT2D eigenvalue weighted by Crippen LogP contribution is -2.49. The standard InChI is InChI=1S/C13H26BrN/c1-10-6-11(2)12(3)15(7-10)9-13(4,5)8-14/h10-12H,6-9H2,1-5H3. The van der Waals surface area contributed by atoms with Crippen molar-refractivity contribution in [2.75, 3.05) is 18.4 Å². The zero-order chi connectivity index (χ0) is 11.6. The monoisotopic (exact) mass is 275 g/mol. The van der Waals surface area contributed by atoms with E-state index in [1.807, 2.05) is 0 Å². The molecule has 3 atom stereocenters. The van der Waals surface area contributed by atoms with E-state index in [1.54, 1.807) is 0 Å². The van der Waals surface area contributed by atoms with E-state index < -0.39 is 0 Å². The lowest BCUT2D eigenvalue weighted by molar-refractivity contribution is 0.0521. The van der Waals surface area contributed by atoms with Gasteiger partial charge in [0.05, 0.1) is 0 Å². The van der Waals surface area contributed by atoms with E-state index in [9.17, 15) is 0 Å². The van der Waals surface area contributed by atoms with E-state index >= 15 is 0 Å². The highest BCUT2D eigenvalue weighted by atomic mass is 79.9. The Morgan fingerprint density at radius 3 is 2.40 bits per heavy atom. The molecule has 0 aliphatic carbocycles. The van der Waals surface area contributed by atoms with Crippen molar-refractivity contribution in [1.82, 2.24) is 4.90 Å². The van der Waals surface area contributed by atoms with Crippen LogP contribution < -0.4 is 0 Å². The molecular weight excluding hydrogens is 250 g/mol. The highest BCUT2D eigenvalue weighted by molar-refractivity contribution is 9.09. The van der Waals surface area contributed by atoms with Gasteiger partial charge in [-0.15, -0.1) is 0 Å². The van der Waals surface area contributed by atoms with Crippen LogP contribution in [0, 0.1) is 17.3 Å². The molecule has 90 valence electrons. The predicted octanol–water partition coefficient (Wildman–Crippen LogP) is 3.77. The number of alkyl halides is 1. The maximum atomic E-state index is 3.62. The van der Waals surface area contributed by atoms with Crippen LogP contribution in [-0.4, -0.2) is 29.4 Å². The van der Waals surface area contributed by atoms with Gasteiger partial charge in [0.15, 0.2) is 0 Å². The summed E-state index contributed by atoms with van der Waals surface area (Å²) in [6, 6.07) is 0.750. The second-order valence-electron chi connectivity index (χ2n) is 6.29. The molecular formula is C13H26BrN. The summed E-state index contributed by atoms with van der Waals surface area (Å²) >= 11 is 3.62. The summed E-state index contributed by atoms with van der Waals surface area (Å²) in [7, 11) is 0. The highest BCUT2D eigenvalue weighted by Crippen LogP contribution is 2.30. The van der Waals surface area contributed by atoms with Crippen LogP contribution in [0.3, 0.4) is 0 Å². The second-order valence-corrected chi connectivity index (χ2v) is 6.85. The van der Waals surface area contributed by atoms with Gasteiger partial charge in [0, 0.05) is 24.5 Å². The molecule has 1 saturated heterocycles. The Morgan fingerprint density at radius 1 is 1.27 bits per heavy atom. The first-order chi connectivity index (χ1) is 6.85. The van der Waals surface area contributed by atoms with Crippen LogP contribution in [0.1, 0.15) is 41.0 Å². The molecule has 1 aliphatic rings. The summed E-state index contributed by atoms with van der Waals surface area (Å²) < 4.78 is 0. The third kappa shape index (κ3) is 3.74. The number of hydrogen-bond acceptors (Lipinski definition) is 1. The Labute approximate surface area is 104 Å². The van der Waals surface area contributed by atoms with Gasteiger partial charge in [-0.3, -0.25) is 4.90 Å². The van der Waals surface area contributed by atoms with Crippen molar-refractivity contribution in [2.45, 2.75) is 47.1 Å². The summed E-state index contributed by atoms with van der Waals surface area (Å²) in [4.78, 5) is 2.68. The number of likely N-dealkylation sites (tertiary alicyclic amines) is 1. The zero-order valence-electron chi connectivity index (χ0n) is 10.9. The molecule has 0 radical (unpaired) electrons. The SMILES string of the molecule is CC1CC(C)C(C)N(CC(C)(C)CBr)C1. The number of rotatable bonds is 3. The van der Waals surface area contributed by atoms with Gasteiger partial charge in [-0.1, -0.05) is 43.6 Å². The minimum Gasteiger partial charge on any atom is -0.300 e. The fraction of sp³-hybridized carbons (Fsp3) is 1.00. The van der Waals surface area contributed by atoms with Gasteiger partial charge in [0.1, 0.15) is 0 Å². The fourth-order valence-corrected chi connectivity index (χ4v) is 2.81. The van der Waals surface area contributed by atoms with Crippen molar-refractivity contribution in [1.29, 1.82) is 0 Å². The molecule has 15 heavy (non-hydrogen) atoms. The average Bonchev–Trinajstić information content (AvgIpc) is 2.13. The number of piperidine rings is 1. The molecule has 0 saturated carbocycles.